The number of aryl methyl sites for hydroxylation is 1. The quantitative estimate of drug-likeness (QED) is 0.597. The van der Waals surface area contributed by atoms with Crippen molar-refractivity contribution in [3.8, 4) is 11.5 Å². The van der Waals surface area contributed by atoms with Crippen LogP contribution in [-0.2, 0) is 11.2 Å². The van der Waals surface area contributed by atoms with Crippen molar-refractivity contribution >= 4 is 21.8 Å². The minimum absolute atomic E-state index is 0.0741. The number of hydrogen-bond acceptors (Lipinski definition) is 3. The van der Waals surface area contributed by atoms with Crippen molar-refractivity contribution < 1.29 is 14.3 Å². The summed E-state index contributed by atoms with van der Waals surface area (Å²) in [4.78, 5) is 11.8. The molecule has 5 heteroatoms. The Morgan fingerprint density at radius 1 is 1.08 bits per heavy atom. The van der Waals surface area contributed by atoms with Crippen LogP contribution < -0.4 is 14.8 Å². The highest BCUT2D eigenvalue weighted by Gasteiger charge is 2.02. The van der Waals surface area contributed by atoms with Crippen molar-refractivity contribution in [2.75, 3.05) is 20.3 Å². The number of halogens is 1. The Balaban J connectivity index is 1.54. The Morgan fingerprint density at radius 2 is 1.88 bits per heavy atom. The van der Waals surface area contributed by atoms with Crippen molar-refractivity contribution in [1.82, 2.24) is 5.32 Å². The van der Waals surface area contributed by atoms with Gasteiger partial charge in [-0.2, -0.15) is 0 Å². The molecule has 25 heavy (non-hydrogen) atoms. The van der Waals surface area contributed by atoms with Crippen molar-refractivity contribution in [2.24, 2.45) is 0 Å². The smallest absolute Gasteiger partial charge is 0.220 e. The lowest BCUT2D eigenvalue weighted by Crippen LogP contribution is -2.24. The zero-order valence-corrected chi connectivity index (χ0v) is 16.1. The third-order valence-corrected chi connectivity index (χ3v) is 4.26. The third kappa shape index (κ3) is 7.61. The zero-order chi connectivity index (χ0) is 17.9. The maximum Gasteiger partial charge on any atom is 0.220 e. The molecule has 0 aliphatic rings. The predicted molar refractivity (Wildman–Crippen MR) is 103 cm³/mol. The molecule has 4 nitrogen and oxygen atoms in total. The lowest BCUT2D eigenvalue weighted by molar-refractivity contribution is -0.121. The standard InChI is InChI=1S/C20H24BrNO3/c1-24-19-7-2-5-16(15-19)6-3-13-22-20(23)8-4-14-25-18-11-9-17(21)10-12-18/h2,5,7,9-12,15H,3-4,6,8,13-14H2,1H3,(H,22,23). The fourth-order valence-corrected chi connectivity index (χ4v) is 2.65. The van der Waals surface area contributed by atoms with Crippen molar-refractivity contribution in [3.63, 3.8) is 0 Å². The van der Waals surface area contributed by atoms with E-state index in [2.05, 4.69) is 27.3 Å². The highest BCUT2D eigenvalue weighted by molar-refractivity contribution is 9.10. The van der Waals surface area contributed by atoms with E-state index in [0.29, 0.717) is 26.0 Å². The maximum atomic E-state index is 11.8. The zero-order valence-electron chi connectivity index (χ0n) is 14.5. The van der Waals surface area contributed by atoms with Gasteiger partial charge in [-0.15, -0.1) is 0 Å². The molecule has 0 radical (unpaired) electrons. The molecule has 2 rings (SSSR count). The van der Waals surface area contributed by atoms with Crippen LogP contribution in [0.3, 0.4) is 0 Å². The molecule has 0 saturated carbocycles. The summed E-state index contributed by atoms with van der Waals surface area (Å²) >= 11 is 3.38. The van der Waals surface area contributed by atoms with Crippen LogP contribution in [0.4, 0.5) is 0 Å². The SMILES string of the molecule is COc1cccc(CCCNC(=O)CCCOc2ccc(Br)cc2)c1. The van der Waals surface area contributed by atoms with Crippen molar-refractivity contribution in [3.05, 3.63) is 58.6 Å². The molecule has 2 aromatic rings. The number of methoxy groups -OCH3 is 1. The first kappa shape index (κ1) is 19.3. The van der Waals surface area contributed by atoms with Crippen LogP contribution in [0.2, 0.25) is 0 Å². The summed E-state index contributed by atoms with van der Waals surface area (Å²) in [5.41, 5.74) is 1.22. The molecule has 1 N–H and O–H groups in total. The number of nitrogens with one attached hydrogen (secondary N) is 1. The molecular formula is C20H24BrNO3. The average molecular weight is 406 g/mol. The molecule has 0 spiro atoms. The van der Waals surface area contributed by atoms with Crippen molar-refractivity contribution in [1.29, 1.82) is 0 Å². The van der Waals surface area contributed by atoms with E-state index in [1.54, 1.807) is 7.11 Å². The van der Waals surface area contributed by atoms with E-state index < -0.39 is 0 Å². The monoisotopic (exact) mass is 405 g/mol. The van der Waals surface area contributed by atoms with Gasteiger partial charge in [0.2, 0.25) is 5.91 Å². The Kier molecular flexibility index (Phi) is 8.32. The largest absolute Gasteiger partial charge is 0.497 e. The summed E-state index contributed by atoms with van der Waals surface area (Å²) in [6.07, 6.45) is 3.02. The summed E-state index contributed by atoms with van der Waals surface area (Å²) < 4.78 is 11.8. The van der Waals surface area contributed by atoms with Crippen LogP contribution in [0.15, 0.2) is 53.0 Å². The van der Waals surface area contributed by atoms with Crippen LogP contribution in [0.1, 0.15) is 24.8 Å². The summed E-state index contributed by atoms with van der Waals surface area (Å²) in [5.74, 6) is 1.76. The molecule has 0 atom stereocenters. The number of carbonyl (C=O) groups is 1. The van der Waals surface area contributed by atoms with E-state index in [1.807, 2.05) is 42.5 Å². The van der Waals surface area contributed by atoms with Gasteiger partial charge in [0.15, 0.2) is 0 Å². The Labute approximate surface area is 157 Å². The van der Waals surface area contributed by atoms with Crippen LogP contribution in [0.5, 0.6) is 11.5 Å². The van der Waals surface area contributed by atoms with E-state index in [9.17, 15) is 4.79 Å². The van der Waals surface area contributed by atoms with Gasteiger partial charge in [0.25, 0.3) is 0 Å². The summed E-state index contributed by atoms with van der Waals surface area (Å²) in [6, 6.07) is 15.7. The predicted octanol–water partition coefficient (Wildman–Crippen LogP) is 4.37. The number of hydrogen-bond donors (Lipinski definition) is 1. The van der Waals surface area contributed by atoms with Gasteiger partial charge in [-0.05, 0) is 61.2 Å². The second kappa shape index (κ2) is 10.8. The van der Waals surface area contributed by atoms with E-state index in [-0.39, 0.29) is 5.91 Å². The van der Waals surface area contributed by atoms with Crippen LogP contribution >= 0.6 is 15.9 Å². The molecule has 0 aliphatic heterocycles. The third-order valence-electron chi connectivity index (χ3n) is 3.73. The highest BCUT2D eigenvalue weighted by atomic mass is 79.9. The molecule has 0 aliphatic carbocycles. The van der Waals surface area contributed by atoms with Gasteiger partial charge in [0, 0.05) is 17.4 Å². The fourth-order valence-electron chi connectivity index (χ4n) is 2.39. The van der Waals surface area contributed by atoms with Gasteiger partial charge in [0.05, 0.1) is 13.7 Å². The molecule has 0 heterocycles. The van der Waals surface area contributed by atoms with Crippen LogP contribution in [0, 0.1) is 0 Å². The number of benzene rings is 2. The number of carbonyl (C=O) groups excluding carboxylic acids is 1. The molecule has 1 amide bonds. The van der Waals surface area contributed by atoms with Gasteiger partial charge in [-0.1, -0.05) is 28.1 Å². The maximum absolute atomic E-state index is 11.8. The fraction of sp³-hybridized carbons (Fsp3) is 0.350. The second-order valence-corrected chi connectivity index (χ2v) is 6.63. The van der Waals surface area contributed by atoms with Gasteiger partial charge >= 0.3 is 0 Å². The van der Waals surface area contributed by atoms with E-state index in [4.69, 9.17) is 9.47 Å². The molecule has 134 valence electrons. The topological polar surface area (TPSA) is 47.6 Å². The number of amides is 1. The first-order chi connectivity index (χ1) is 12.2. The second-order valence-electron chi connectivity index (χ2n) is 5.71. The van der Waals surface area contributed by atoms with Gasteiger partial charge in [-0.25, -0.2) is 0 Å². The Hall–Kier alpha value is -2.01. The highest BCUT2D eigenvalue weighted by Crippen LogP contribution is 2.16. The lowest BCUT2D eigenvalue weighted by atomic mass is 10.1. The first-order valence-corrected chi connectivity index (χ1v) is 9.24. The minimum Gasteiger partial charge on any atom is -0.497 e. The molecule has 0 fully saturated rings. The summed E-state index contributed by atoms with van der Waals surface area (Å²) in [5, 5.41) is 2.96. The minimum atomic E-state index is 0.0741. The van der Waals surface area contributed by atoms with Gasteiger partial charge in [-0.3, -0.25) is 4.79 Å². The molecule has 0 aromatic heterocycles. The van der Waals surface area contributed by atoms with Crippen LogP contribution in [0.25, 0.3) is 0 Å². The number of rotatable bonds is 10. The first-order valence-electron chi connectivity index (χ1n) is 8.45. The summed E-state index contributed by atoms with van der Waals surface area (Å²) in [7, 11) is 1.67. The summed E-state index contributed by atoms with van der Waals surface area (Å²) in [6.45, 7) is 1.22. The molecule has 0 bridgehead atoms. The van der Waals surface area contributed by atoms with Gasteiger partial charge in [0.1, 0.15) is 11.5 Å². The molecule has 0 unspecified atom stereocenters. The number of ether oxygens (including phenoxy) is 2. The lowest BCUT2D eigenvalue weighted by Gasteiger charge is -2.08. The molecule has 0 saturated heterocycles. The van der Waals surface area contributed by atoms with Gasteiger partial charge < -0.3 is 14.8 Å². The van der Waals surface area contributed by atoms with E-state index >= 15 is 0 Å². The molecular weight excluding hydrogens is 382 g/mol. The Morgan fingerprint density at radius 3 is 2.64 bits per heavy atom. The average Bonchev–Trinajstić information content (AvgIpc) is 2.64. The normalized spacial score (nSPS) is 10.3. The van der Waals surface area contributed by atoms with E-state index in [0.717, 1.165) is 28.8 Å². The Bertz CT molecular complexity index is 658. The van der Waals surface area contributed by atoms with Crippen LogP contribution in [-0.4, -0.2) is 26.2 Å². The molecule has 2 aromatic carbocycles. The van der Waals surface area contributed by atoms with E-state index in [1.165, 1.54) is 5.56 Å². The van der Waals surface area contributed by atoms with Crippen molar-refractivity contribution in [2.45, 2.75) is 25.7 Å².